The van der Waals surface area contributed by atoms with E-state index in [1.165, 1.54) is 19.3 Å². The highest BCUT2D eigenvalue weighted by Gasteiger charge is 2.36. The molecule has 11 heteroatoms. The van der Waals surface area contributed by atoms with Crippen LogP contribution in [0.5, 0.6) is 0 Å². The fourth-order valence-electron chi connectivity index (χ4n) is 5.59. The highest BCUT2D eigenvalue weighted by Crippen LogP contribution is 2.38. The van der Waals surface area contributed by atoms with Gasteiger partial charge in [-0.2, -0.15) is 0 Å². The molecular formula is C50H80NO9P. The Labute approximate surface area is 370 Å². The van der Waals surface area contributed by atoms with Crippen molar-refractivity contribution >= 4 is 19.8 Å². The number of phosphoric acid groups is 1. The first-order valence-electron chi connectivity index (χ1n) is 22.7. The summed E-state index contributed by atoms with van der Waals surface area (Å²) in [5.74, 6) is -1.02. The average Bonchev–Trinajstić information content (AvgIpc) is 3.97. The molecule has 344 valence electrons. The number of hydrogen-bond acceptors (Lipinski definition) is 9. The molecule has 1 heterocycles. The zero-order chi connectivity index (χ0) is 44.7. The molecule has 0 spiro atoms. The second-order valence-electron chi connectivity index (χ2n) is 16.1. The Morgan fingerprint density at radius 1 is 0.623 bits per heavy atom. The summed E-state index contributed by atoms with van der Waals surface area (Å²) in [5.41, 5.74) is 0. The summed E-state index contributed by atoms with van der Waals surface area (Å²) in [6.07, 6.45) is 53.0. The Bertz CT molecular complexity index is 1470. The fourth-order valence-corrected chi connectivity index (χ4v) is 6.32. The van der Waals surface area contributed by atoms with E-state index in [1.54, 1.807) is 0 Å². The molecule has 3 unspecified atom stereocenters. The van der Waals surface area contributed by atoms with Crippen molar-refractivity contribution in [3.63, 3.8) is 0 Å². The van der Waals surface area contributed by atoms with E-state index < -0.39 is 32.5 Å². The summed E-state index contributed by atoms with van der Waals surface area (Å²) in [7, 11) is 1.06. The number of allylic oxidation sites excluding steroid dienone is 17. The van der Waals surface area contributed by atoms with E-state index in [1.807, 2.05) is 33.3 Å². The van der Waals surface area contributed by atoms with Gasteiger partial charge in [-0.1, -0.05) is 136 Å². The molecule has 0 N–H and O–H groups in total. The molecule has 10 nitrogen and oxygen atoms in total. The third-order valence-electron chi connectivity index (χ3n) is 9.21. The van der Waals surface area contributed by atoms with Gasteiger partial charge < -0.3 is 32.6 Å². The molecular weight excluding hydrogens is 790 g/mol. The summed E-state index contributed by atoms with van der Waals surface area (Å²) in [5, 5.41) is 0. The van der Waals surface area contributed by atoms with Crippen molar-refractivity contribution in [3.8, 4) is 0 Å². The Hall–Kier alpha value is -3.37. The Kier molecular flexibility index (Phi) is 33.9. The van der Waals surface area contributed by atoms with Crippen molar-refractivity contribution in [2.45, 2.75) is 148 Å². The van der Waals surface area contributed by atoms with Gasteiger partial charge in [0.15, 0.2) is 6.10 Å². The van der Waals surface area contributed by atoms with E-state index >= 15 is 0 Å². The van der Waals surface area contributed by atoms with Crippen LogP contribution < -0.4 is 4.89 Å². The zero-order valence-corrected chi connectivity index (χ0v) is 39.1. The molecule has 0 aromatic rings. The van der Waals surface area contributed by atoms with Crippen LogP contribution in [0, 0.1) is 0 Å². The first-order chi connectivity index (χ1) is 29.5. The van der Waals surface area contributed by atoms with Crippen LogP contribution in [0.2, 0.25) is 0 Å². The molecule has 1 saturated heterocycles. The molecule has 0 aliphatic carbocycles. The molecule has 0 radical (unpaired) electrons. The third-order valence-corrected chi connectivity index (χ3v) is 10.2. The fraction of sp³-hybridized carbons (Fsp3) is 0.600. The first kappa shape index (κ1) is 55.6. The van der Waals surface area contributed by atoms with Crippen LogP contribution in [0.3, 0.4) is 0 Å². The summed E-state index contributed by atoms with van der Waals surface area (Å²) in [6.45, 7) is 3.88. The van der Waals surface area contributed by atoms with Gasteiger partial charge in [0, 0.05) is 12.8 Å². The number of phosphoric ester groups is 1. The number of carbonyl (C=O) groups is 2. The van der Waals surface area contributed by atoms with Crippen molar-refractivity contribution in [2.75, 3.05) is 47.5 Å². The first-order valence-corrected chi connectivity index (χ1v) is 24.2. The van der Waals surface area contributed by atoms with Crippen molar-refractivity contribution < 1.29 is 46.8 Å². The number of epoxide rings is 1. The summed E-state index contributed by atoms with van der Waals surface area (Å²) in [4.78, 5) is 37.7. The van der Waals surface area contributed by atoms with Crippen molar-refractivity contribution in [3.05, 3.63) is 109 Å². The number of carbonyl (C=O) groups excluding carboxylic acids is 2. The third kappa shape index (κ3) is 38.1. The number of unbranched alkanes of at least 4 members (excludes halogenated alkanes) is 3. The smallest absolute Gasteiger partial charge is 0.306 e. The van der Waals surface area contributed by atoms with Crippen LogP contribution in [-0.4, -0.2) is 82.2 Å². The lowest BCUT2D eigenvalue weighted by atomic mass is 10.1. The predicted octanol–water partition coefficient (Wildman–Crippen LogP) is 11.5. The monoisotopic (exact) mass is 870 g/mol. The van der Waals surface area contributed by atoms with Crippen LogP contribution in [0.15, 0.2) is 109 Å². The highest BCUT2D eigenvalue weighted by molar-refractivity contribution is 7.45. The lowest BCUT2D eigenvalue weighted by Gasteiger charge is -2.28. The van der Waals surface area contributed by atoms with E-state index in [9.17, 15) is 19.0 Å². The van der Waals surface area contributed by atoms with Gasteiger partial charge in [0.25, 0.3) is 7.82 Å². The SMILES string of the molecule is CC/C=C\C/C=C\C/C=C\C/C=C\C/C=C\C/C=C\CCC(=O)O[C@H](COC(=O)CCCC1OC1C/C=C\C/C=C\C/C=C\CCCCC)COP(=O)([O-])OCC[N+](C)(C)C. The number of likely N-dealkylation sites (N-methyl/N-ethyl adjacent to an activating group) is 1. The number of nitrogens with zero attached hydrogens (tertiary/aromatic N) is 1. The van der Waals surface area contributed by atoms with Gasteiger partial charge in [0.05, 0.1) is 40.0 Å². The Morgan fingerprint density at radius 3 is 1.69 bits per heavy atom. The summed E-state index contributed by atoms with van der Waals surface area (Å²) >= 11 is 0. The van der Waals surface area contributed by atoms with Crippen molar-refractivity contribution in [2.24, 2.45) is 0 Å². The molecule has 1 aliphatic heterocycles. The second kappa shape index (κ2) is 37.2. The van der Waals surface area contributed by atoms with Crippen molar-refractivity contribution in [1.82, 2.24) is 0 Å². The number of esters is 2. The predicted molar refractivity (Wildman–Crippen MR) is 249 cm³/mol. The molecule has 1 rings (SSSR count). The molecule has 1 fully saturated rings. The Balaban J connectivity index is 2.40. The van der Waals surface area contributed by atoms with E-state index in [0.29, 0.717) is 23.9 Å². The minimum Gasteiger partial charge on any atom is -0.756 e. The van der Waals surface area contributed by atoms with Gasteiger partial charge in [-0.05, 0) is 89.9 Å². The molecule has 0 saturated carbocycles. The summed E-state index contributed by atoms with van der Waals surface area (Å²) in [6, 6.07) is 0. The highest BCUT2D eigenvalue weighted by atomic mass is 31.2. The molecule has 0 aromatic heterocycles. The van der Waals surface area contributed by atoms with Gasteiger partial charge >= 0.3 is 11.9 Å². The minimum absolute atomic E-state index is 0.0633. The topological polar surface area (TPSA) is 124 Å². The van der Waals surface area contributed by atoms with Gasteiger partial charge in [0.2, 0.25) is 0 Å². The Morgan fingerprint density at radius 2 is 1.15 bits per heavy atom. The lowest BCUT2D eigenvalue weighted by Crippen LogP contribution is -2.37. The van der Waals surface area contributed by atoms with Crippen molar-refractivity contribution in [1.29, 1.82) is 0 Å². The van der Waals surface area contributed by atoms with Crippen LogP contribution >= 0.6 is 7.82 Å². The maximum absolute atomic E-state index is 12.7. The number of hydrogen-bond donors (Lipinski definition) is 0. The zero-order valence-electron chi connectivity index (χ0n) is 38.2. The van der Waals surface area contributed by atoms with Crippen LogP contribution in [-0.2, 0) is 37.4 Å². The second-order valence-corrected chi connectivity index (χ2v) is 17.5. The van der Waals surface area contributed by atoms with E-state index in [4.69, 9.17) is 23.3 Å². The average molecular weight is 870 g/mol. The van der Waals surface area contributed by atoms with Crippen LogP contribution in [0.25, 0.3) is 0 Å². The number of quaternary nitrogens is 1. The maximum atomic E-state index is 12.7. The molecule has 0 aromatic carbocycles. The molecule has 4 atom stereocenters. The number of ether oxygens (including phenoxy) is 3. The summed E-state index contributed by atoms with van der Waals surface area (Å²) < 4.78 is 39.6. The van der Waals surface area contributed by atoms with E-state index in [0.717, 1.165) is 70.6 Å². The standard InChI is InChI=1S/C50H80NO9P/c1-6-8-10-12-14-16-18-20-21-22-23-24-25-26-28-30-32-34-36-40-50(53)59-46(45-58-61(54,55)57-43-42-51(3,4)5)44-56-49(52)41-37-39-48-47(60-48)38-35-33-31-29-27-19-17-15-13-11-9-7-2/h8,10,14-17,20-21,23-24,26-29,32-35,46-48H,6-7,9,11-13,18-19,22,25,30-31,36-45H2,1-5H3/b10-8-,16-14-,17-15-,21-20-,24-23-,28-26-,29-27-,34-32-,35-33-/t46-,47?,48?/m1/s1. The maximum Gasteiger partial charge on any atom is 0.306 e. The van der Waals surface area contributed by atoms with Gasteiger partial charge in [0.1, 0.15) is 19.8 Å². The lowest BCUT2D eigenvalue weighted by molar-refractivity contribution is -0.870. The molecule has 0 bridgehead atoms. The normalized spacial score (nSPS) is 17.9. The van der Waals surface area contributed by atoms with Gasteiger partial charge in [-0.25, -0.2) is 0 Å². The number of rotatable bonds is 38. The van der Waals surface area contributed by atoms with E-state index in [2.05, 4.69) is 111 Å². The van der Waals surface area contributed by atoms with Crippen LogP contribution in [0.1, 0.15) is 129 Å². The molecule has 61 heavy (non-hydrogen) atoms. The largest absolute Gasteiger partial charge is 0.756 e. The minimum atomic E-state index is -4.68. The van der Waals surface area contributed by atoms with Crippen LogP contribution in [0.4, 0.5) is 0 Å². The molecule has 0 amide bonds. The van der Waals surface area contributed by atoms with Gasteiger partial charge in [-0.3, -0.25) is 14.2 Å². The molecule has 1 aliphatic rings. The quantitative estimate of drug-likeness (QED) is 0.0149. The van der Waals surface area contributed by atoms with Gasteiger partial charge in [-0.15, -0.1) is 0 Å². The van der Waals surface area contributed by atoms with E-state index in [-0.39, 0.29) is 38.3 Å².